The van der Waals surface area contributed by atoms with E-state index in [1.165, 1.54) is 0 Å². The van der Waals surface area contributed by atoms with Crippen molar-refractivity contribution >= 4 is 21.6 Å². The van der Waals surface area contributed by atoms with Crippen LogP contribution in [-0.4, -0.2) is 43.6 Å². The smallest absolute Gasteiger partial charge is 0.227 e. The summed E-state index contributed by atoms with van der Waals surface area (Å²) < 4.78 is 27.6. The van der Waals surface area contributed by atoms with Crippen molar-refractivity contribution < 1.29 is 17.7 Å². The molecule has 8 heteroatoms. The number of hydrogen-bond donors (Lipinski definition) is 2. The van der Waals surface area contributed by atoms with E-state index in [0.717, 1.165) is 0 Å². The predicted octanol–water partition coefficient (Wildman–Crippen LogP) is -0.302. The van der Waals surface area contributed by atoms with Crippen LogP contribution in [0.15, 0.2) is 10.6 Å². The Balaban J connectivity index is 1.88. The van der Waals surface area contributed by atoms with Crippen LogP contribution in [-0.2, 0) is 14.6 Å². The number of aromatic nitrogens is 1. The number of sulfone groups is 1. The van der Waals surface area contributed by atoms with Gasteiger partial charge in [0.05, 0.1) is 11.5 Å². The van der Waals surface area contributed by atoms with E-state index in [4.69, 9.17) is 4.52 Å². The summed E-state index contributed by atoms with van der Waals surface area (Å²) in [5.41, 5.74) is 0. The third-order valence-electron chi connectivity index (χ3n) is 2.63. The first-order valence-electron chi connectivity index (χ1n) is 5.61. The number of aryl methyl sites for hydroxylation is 1. The van der Waals surface area contributed by atoms with Crippen molar-refractivity contribution in [3.63, 3.8) is 0 Å². The van der Waals surface area contributed by atoms with Gasteiger partial charge < -0.3 is 15.2 Å². The highest BCUT2D eigenvalue weighted by atomic mass is 32.2. The minimum atomic E-state index is -3.02. The van der Waals surface area contributed by atoms with E-state index in [1.807, 2.05) is 0 Å². The van der Waals surface area contributed by atoms with E-state index in [9.17, 15) is 13.2 Å². The minimum Gasteiger partial charge on any atom is -0.360 e. The summed E-state index contributed by atoms with van der Waals surface area (Å²) in [5.74, 6) is 0.795. The fraction of sp³-hybridized carbons (Fsp3) is 0.600. The Morgan fingerprint density at radius 3 is 3.06 bits per heavy atom. The van der Waals surface area contributed by atoms with Crippen molar-refractivity contribution in [3.05, 3.63) is 11.8 Å². The summed E-state index contributed by atoms with van der Waals surface area (Å²) in [6.07, 6.45) is 0.102. The van der Waals surface area contributed by atoms with E-state index in [-0.39, 0.29) is 29.9 Å². The van der Waals surface area contributed by atoms with Crippen LogP contribution < -0.4 is 10.6 Å². The molecule has 0 aromatic carbocycles. The summed E-state index contributed by atoms with van der Waals surface area (Å²) in [7, 11) is -3.02. The second-order valence-electron chi connectivity index (χ2n) is 4.34. The average molecular weight is 273 g/mol. The molecule has 0 bridgehead atoms. The zero-order chi connectivity index (χ0) is 13.2. The summed E-state index contributed by atoms with van der Waals surface area (Å²) in [5, 5.41) is 9.20. The Bertz CT molecular complexity index is 537. The van der Waals surface area contributed by atoms with Crippen LogP contribution in [0.5, 0.6) is 0 Å². The van der Waals surface area contributed by atoms with Crippen LogP contribution in [0.2, 0.25) is 0 Å². The van der Waals surface area contributed by atoms with Gasteiger partial charge in [0.15, 0.2) is 15.7 Å². The van der Waals surface area contributed by atoms with Gasteiger partial charge in [-0.25, -0.2) is 8.42 Å². The predicted molar refractivity (Wildman–Crippen MR) is 64.9 cm³/mol. The lowest BCUT2D eigenvalue weighted by molar-refractivity contribution is -0.116. The van der Waals surface area contributed by atoms with E-state index < -0.39 is 9.84 Å². The summed E-state index contributed by atoms with van der Waals surface area (Å²) >= 11 is 0. The molecule has 2 rings (SSSR count). The quantitative estimate of drug-likeness (QED) is 0.784. The van der Waals surface area contributed by atoms with Gasteiger partial charge in [-0.3, -0.25) is 4.79 Å². The number of amides is 1. The first-order chi connectivity index (χ1) is 8.44. The maximum atomic E-state index is 11.7. The van der Waals surface area contributed by atoms with E-state index in [1.54, 1.807) is 13.0 Å². The van der Waals surface area contributed by atoms with E-state index in [0.29, 0.717) is 18.1 Å². The highest BCUT2D eigenvalue weighted by molar-refractivity contribution is 7.91. The fourth-order valence-electron chi connectivity index (χ4n) is 1.84. The molecule has 0 radical (unpaired) electrons. The van der Waals surface area contributed by atoms with Crippen molar-refractivity contribution in [2.75, 3.05) is 23.4 Å². The van der Waals surface area contributed by atoms with Crippen LogP contribution in [0.1, 0.15) is 12.2 Å². The molecule has 1 amide bonds. The van der Waals surface area contributed by atoms with Gasteiger partial charge in [-0.05, 0) is 6.92 Å². The Kier molecular flexibility index (Phi) is 3.67. The van der Waals surface area contributed by atoms with Gasteiger partial charge in [0.1, 0.15) is 5.76 Å². The standard InChI is InChI=1S/C10H15N3O4S/c1-7-4-9(13-17-7)12-10(14)5-8-6-18(15,16)3-2-11-8/h4,8,11H,2-3,5-6H2,1H3,(H,12,13,14). The maximum Gasteiger partial charge on any atom is 0.227 e. The summed E-state index contributed by atoms with van der Waals surface area (Å²) in [6.45, 7) is 2.11. The van der Waals surface area contributed by atoms with Gasteiger partial charge in [-0.1, -0.05) is 5.16 Å². The van der Waals surface area contributed by atoms with Crippen molar-refractivity contribution in [1.82, 2.24) is 10.5 Å². The zero-order valence-corrected chi connectivity index (χ0v) is 10.8. The fourth-order valence-corrected chi connectivity index (χ4v) is 3.29. The van der Waals surface area contributed by atoms with Crippen LogP contribution in [0.4, 0.5) is 5.82 Å². The molecule has 1 fully saturated rings. The number of carbonyl (C=O) groups is 1. The van der Waals surface area contributed by atoms with Crippen molar-refractivity contribution in [3.8, 4) is 0 Å². The summed E-state index contributed by atoms with van der Waals surface area (Å²) in [6, 6.07) is 1.26. The molecule has 0 spiro atoms. The number of nitrogens with one attached hydrogen (secondary N) is 2. The molecule has 1 atom stereocenters. The summed E-state index contributed by atoms with van der Waals surface area (Å²) in [4.78, 5) is 11.7. The molecule has 2 heterocycles. The number of carbonyl (C=O) groups excluding carboxylic acids is 1. The first kappa shape index (κ1) is 13.0. The molecule has 7 nitrogen and oxygen atoms in total. The molecule has 0 saturated carbocycles. The van der Waals surface area contributed by atoms with Crippen LogP contribution >= 0.6 is 0 Å². The lowest BCUT2D eigenvalue weighted by Gasteiger charge is -2.22. The highest BCUT2D eigenvalue weighted by Gasteiger charge is 2.26. The molecule has 2 N–H and O–H groups in total. The van der Waals surface area contributed by atoms with Crippen LogP contribution in [0.25, 0.3) is 0 Å². The maximum absolute atomic E-state index is 11.7. The SMILES string of the molecule is Cc1cc(NC(=O)CC2CS(=O)(=O)CCN2)no1. The molecule has 1 aromatic rings. The molecular formula is C10H15N3O4S. The van der Waals surface area contributed by atoms with Gasteiger partial charge in [0.2, 0.25) is 5.91 Å². The van der Waals surface area contributed by atoms with Crippen LogP contribution in [0.3, 0.4) is 0 Å². The zero-order valence-electron chi connectivity index (χ0n) is 9.97. The number of nitrogens with zero attached hydrogens (tertiary/aromatic N) is 1. The second kappa shape index (κ2) is 5.07. The number of hydrogen-bond acceptors (Lipinski definition) is 6. The largest absolute Gasteiger partial charge is 0.360 e. The molecule has 0 aliphatic carbocycles. The van der Waals surface area contributed by atoms with Gasteiger partial charge >= 0.3 is 0 Å². The second-order valence-corrected chi connectivity index (χ2v) is 6.57. The van der Waals surface area contributed by atoms with Gasteiger partial charge in [-0.15, -0.1) is 0 Å². The molecule has 18 heavy (non-hydrogen) atoms. The Morgan fingerprint density at radius 1 is 1.67 bits per heavy atom. The van der Waals surface area contributed by atoms with Gasteiger partial charge in [0, 0.05) is 25.1 Å². The van der Waals surface area contributed by atoms with Crippen molar-refractivity contribution in [2.24, 2.45) is 0 Å². The third-order valence-corrected chi connectivity index (χ3v) is 4.36. The molecule has 1 unspecified atom stereocenters. The van der Waals surface area contributed by atoms with Gasteiger partial charge in [-0.2, -0.15) is 0 Å². The lowest BCUT2D eigenvalue weighted by atomic mass is 10.2. The van der Waals surface area contributed by atoms with Crippen LogP contribution in [0, 0.1) is 6.92 Å². The topological polar surface area (TPSA) is 101 Å². The molecule has 1 aliphatic rings. The normalized spacial score (nSPS) is 22.6. The average Bonchev–Trinajstić information content (AvgIpc) is 2.62. The van der Waals surface area contributed by atoms with E-state index >= 15 is 0 Å². The Morgan fingerprint density at radius 2 is 2.44 bits per heavy atom. The van der Waals surface area contributed by atoms with E-state index in [2.05, 4.69) is 15.8 Å². The third kappa shape index (κ3) is 3.54. The van der Waals surface area contributed by atoms with Crippen molar-refractivity contribution in [2.45, 2.75) is 19.4 Å². The first-order valence-corrected chi connectivity index (χ1v) is 7.44. The Labute approximate surface area is 105 Å². The van der Waals surface area contributed by atoms with Gasteiger partial charge in [0.25, 0.3) is 0 Å². The molecule has 1 aliphatic heterocycles. The minimum absolute atomic E-state index is 0.00172. The molecule has 1 saturated heterocycles. The Hall–Kier alpha value is -1.41. The monoisotopic (exact) mass is 273 g/mol. The highest BCUT2D eigenvalue weighted by Crippen LogP contribution is 2.09. The molecule has 100 valence electrons. The number of rotatable bonds is 3. The van der Waals surface area contributed by atoms with Crippen molar-refractivity contribution in [1.29, 1.82) is 0 Å². The number of anilines is 1. The lowest BCUT2D eigenvalue weighted by Crippen LogP contribution is -2.46. The molecule has 1 aromatic heterocycles. The molecular weight excluding hydrogens is 258 g/mol.